The van der Waals surface area contributed by atoms with Crippen LogP contribution in [-0.2, 0) is 42.9 Å². The highest BCUT2D eigenvalue weighted by molar-refractivity contribution is 5.88. The fraction of sp³-hybridized carbons (Fsp3) is 0.556. The molecule has 9 nitrogen and oxygen atoms in total. The standard InChI is InChI=1S/C14H22O5.C13H20O4/c1-9(2)13(15)18-7-11(5)17-8-12(6)19-14(16)10(3)4;1-9(2)11(14)16-7-13(5,6)8-17-12(15)10(3)4/h11-12H,1,3,7-8H2,2,4-6H3;1,3,7-8H2,2,4-6H3. The molecule has 0 rings (SSSR count). The maximum absolute atomic E-state index is 11.2. The van der Waals surface area contributed by atoms with Crippen LogP contribution in [0.1, 0.15) is 55.4 Å². The van der Waals surface area contributed by atoms with E-state index in [1.54, 1.807) is 41.5 Å². The van der Waals surface area contributed by atoms with Crippen molar-refractivity contribution in [2.75, 3.05) is 26.4 Å². The predicted octanol–water partition coefficient (Wildman–Crippen LogP) is 4.27. The lowest BCUT2D eigenvalue weighted by Crippen LogP contribution is -2.28. The zero-order valence-corrected chi connectivity index (χ0v) is 23.0. The van der Waals surface area contributed by atoms with Gasteiger partial charge in [-0.25, -0.2) is 19.2 Å². The Morgan fingerprint density at radius 2 is 0.972 bits per heavy atom. The molecule has 204 valence electrons. The van der Waals surface area contributed by atoms with E-state index < -0.39 is 29.3 Å². The van der Waals surface area contributed by atoms with Crippen LogP contribution in [0.3, 0.4) is 0 Å². The minimum absolute atomic E-state index is 0.132. The van der Waals surface area contributed by atoms with Gasteiger partial charge in [-0.15, -0.1) is 0 Å². The highest BCUT2D eigenvalue weighted by atomic mass is 16.6. The molecule has 9 heteroatoms. The van der Waals surface area contributed by atoms with Crippen LogP contribution in [0.4, 0.5) is 0 Å². The molecule has 0 heterocycles. The van der Waals surface area contributed by atoms with E-state index in [-0.39, 0.29) is 38.6 Å². The van der Waals surface area contributed by atoms with Crippen molar-refractivity contribution in [3.8, 4) is 0 Å². The molecule has 0 aliphatic rings. The first-order valence-electron chi connectivity index (χ1n) is 11.4. The third-order valence-corrected chi connectivity index (χ3v) is 3.95. The Bertz CT molecular complexity index is 804. The predicted molar refractivity (Wildman–Crippen MR) is 137 cm³/mol. The molecule has 0 N–H and O–H groups in total. The van der Waals surface area contributed by atoms with Gasteiger partial charge in [-0.2, -0.15) is 0 Å². The highest BCUT2D eigenvalue weighted by Crippen LogP contribution is 2.17. The number of hydrogen-bond acceptors (Lipinski definition) is 9. The third kappa shape index (κ3) is 18.2. The topological polar surface area (TPSA) is 114 Å². The molecule has 0 radical (unpaired) electrons. The van der Waals surface area contributed by atoms with Gasteiger partial charge in [0, 0.05) is 27.7 Å². The Hall–Kier alpha value is -3.20. The van der Waals surface area contributed by atoms with Crippen molar-refractivity contribution in [1.82, 2.24) is 0 Å². The van der Waals surface area contributed by atoms with Gasteiger partial charge in [0.2, 0.25) is 0 Å². The third-order valence-electron chi connectivity index (χ3n) is 3.95. The summed E-state index contributed by atoms with van der Waals surface area (Å²) in [5.74, 6) is -1.77. The van der Waals surface area contributed by atoms with E-state index in [0.717, 1.165) is 0 Å². The Morgan fingerprint density at radius 3 is 1.33 bits per heavy atom. The van der Waals surface area contributed by atoms with Crippen molar-refractivity contribution in [1.29, 1.82) is 0 Å². The van der Waals surface area contributed by atoms with Crippen molar-refractivity contribution < 1.29 is 42.9 Å². The summed E-state index contributed by atoms with van der Waals surface area (Å²) in [5, 5.41) is 0. The molecule has 0 aromatic rings. The number of hydrogen-bond donors (Lipinski definition) is 0. The summed E-state index contributed by atoms with van der Waals surface area (Å²) in [6.07, 6.45) is -0.669. The van der Waals surface area contributed by atoms with E-state index >= 15 is 0 Å². The molecule has 0 saturated carbocycles. The number of rotatable bonds is 14. The number of esters is 4. The zero-order valence-electron chi connectivity index (χ0n) is 23.0. The highest BCUT2D eigenvalue weighted by Gasteiger charge is 2.23. The van der Waals surface area contributed by atoms with Crippen LogP contribution in [0.25, 0.3) is 0 Å². The molecular weight excluding hydrogens is 468 g/mol. The molecule has 0 fully saturated rings. The molecule has 2 atom stereocenters. The van der Waals surface area contributed by atoms with Gasteiger partial charge in [0.25, 0.3) is 0 Å². The van der Waals surface area contributed by atoms with Crippen LogP contribution >= 0.6 is 0 Å². The minimum Gasteiger partial charge on any atom is -0.462 e. The van der Waals surface area contributed by atoms with Crippen molar-refractivity contribution in [2.24, 2.45) is 5.41 Å². The van der Waals surface area contributed by atoms with Gasteiger partial charge < -0.3 is 23.7 Å². The van der Waals surface area contributed by atoms with Crippen LogP contribution in [0.5, 0.6) is 0 Å². The largest absolute Gasteiger partial charge is 0.462 e. The quantitative estimate of drug-likeness (QED) is 0.192. The van der Waals surface area contributed by atoms with E-state index in [1.807, 2.05) is 13.8 Å². The Balaban J connectivity index is 0. The summed E-state index contributed by atoms with van der Waals surface area (Å²) in [4.78, 5) is 44.8. The molecule has 2 unspecified atom stereocenters. The summed E-state index contributed by atoms with van der Waals surface area (Å²) < 4.78 is 25.4. The lowest BCUT2D eigenvalue weighted by molar-refractivity contribution is -0.150. The van der Waals surface area contributed by atoms with Crippen LogP contribution in [0.15, 0.2) is 48.6 Å². The molecule has 0 aromatic heterocycles. The van der Waals surface area contributed by atoms with Gasteiger partial charge in [-0.3, -0.25) is 0 Å². The first-order chi connectivity index (χ1) is 16.4. The van der Waals surface area contributed by atoms with Gasteiger partial charge in [-0.1, -0.05) is 40.2 Å². The zero-order chi connectivity index (χ0) is 28.6. The van der Waals surface area contributed by atoms with E-state index in [2.05, 4.69) is 26.3 Å². The van der Waals surface area contributed by atoms with Gasteiger partial charge in [0.15, 0.2) is 0 Å². The lowest BCUT2D eigenvalue weighted by Gasteiger charge is -2.23. The Labute approximate surface area is 215 Å². The average Bonchev–Trinajstić information content (AvgIpc) is 2.77. The molecule has 0 bridgehead atoms. The van der Waals surface area contributed by atoms with Gasteiger partial charge in [0.1, 0.15) is 12.7 Å². The summed E-state index contributed by atoms with van der Waals surface area (Å²) in [6, 6.07) is 0. The normalized spacial score (nSPS) is 12.0. The number of carbonyl (C=O) groups is 4. The van der Waals surface area contributed by atoms with Gasteiger partial charge in [0.05, 0.1) is 25.9 Å². The number of ether oxygens (including phenoxy) is 5. The van der Waals surface area contributed by atoms with Crippen molar-refractivity contribution in [3.63, 3.8) is 0 Å². The molecule has 0 aliphatic carbocycles. The number of carbonyl (C=O) groups excluding carboxylic acids is 4. The monoisotopic (exact) mass is 510 g/mol. The van der Waals surface area contributed by atoms with Crippen LogP contribution in [0.2, 0.25) is 0 Å². The summed E-state index contributed by atoms with van der Waals surface area (Å²) in [7, 11) is 0. The summed E-state index contributed by atoms with van der Waals surface area (Å²) >= 11 is 0. The summed E-state index contributed by atoms with van der Waals surface area (Å²) in [5.41, 5.74) is 0.946. The minimum atomic E-state index is -0.447. The Kier molecular flexibility index (Phi) is 16.8. The van der Waals surface area contributed by atoms with E-state index in [4.69, 9.17) is 23.7 Å². The van der Waals surface area contributed by atoms with Gasteiger partial charge >= 0.3 is 23.9 Å². The second-order valence-electron chi connectivity index (χ2n) is 9.40. The van der Waals surface area contributed by atoms with Crippen molar-refractivity contribution in [2.45, 2.75) is 67.6 Å². The first-order valence-corrected chi connectivity index (χ1v) is 11.4. The lowest BCUT2D eigenvalue weighted by atomic mass is 9.96. The van der Waals surface area contributed by atoms with E-state index in [0.29, 0.717) is 22.3 Å². The molecule has 36 heavy (non-hydrogen) atoms. The first kappa shape index (κ1) is 35.0. The second kappa shape index (κ2) is 17.3. The molecule has 0 spiro atoms. The molecule has 0 amide bonds. The maximum atomic E-state index is 11.2. The van der Waals surface area contributed by atoms with E-state index in [1.165, 1.54) is 0 Å². The van der Waals surface area contributed by atoms with Gasteiger partial charge in [-0.05, 0) is 41.5 Å². The molecule has 0 saturated heterocycles. The van der Waals surface area contributed by atoms with Crippen molar-refractivity contribution >= 4 is 23.9 Å². The van der Waals surface area contributed by atoms with Crippen LogP contribution < -0.4 is 0 Å². The molecule has 0 aromatic carbocycles. The fourth-order valence-electron chi connectivity index (χ4n) is 1.79. The summed E-state index contributed by atoms with van der Waals surface area (Å²) in [6.45, 7) is 28.1. The Morgan fingerprint density at radius 1 is 0.611 bits per heavy atom. The van der Waals surface area contributed by atoms with E-state index in [9.17, 15) is 19.2 Å². The van der Waals surface area contributed by atoms with Crippen LogP contribution in [-0.4, -0.2) is 62.5 Å². The fourth-order valence-corrected chi connectivity index (χ4v) is 1.79. The SMILES string of the molecule is C=C(C)C(=O)OCC(C)(C)COC(=O)C(=C)C.C=C(C)C(=O)OCC(C)OCC(C)OC(=O)C(=C)C. The average molecular weight is 511 g/mol. The van der Waals surface area contributed by atoms with Crippen LogP contribution in [0, 0.1) is 5.41 Å². The van der Waals surface area contributed by atoms with Crippen molar-refractivity contribution in [3.05, 3.63) is 48.6 Å². The maximum Gasteiger partial charge on any atom is 0.333 e. The smallest absolute Gasteiger partial charge is 0.333 e. The second-order valence-corrected chi connectivity index (χ2v) is 9.40. The molecule has 0 aliphatic heterocycles. The molecular formula is C27H42O9.